The molecular weight excluding hydrogens is 233 g/mol. The molecule has 0 amide bonds. The van der Waals surface area contributed by atoms with Crippen LogP contribution >= 0.6 is 0 Å². The molecule has 17 heavy (non-hydrogen) atoms. The topological polar surface area (TPSA) is 26.3 Å². The number of rotatable bonds is 2. The molecule has 2 rings (SSSR count). The summed E-state index contributed by atoms with van der Waals surface area (Å²) in [4.78, 5) is 11.5. The first-order valence-corrected chi connectivity index (χ1v) is 5.32. The van der Waals surface area contributed by atoms with Crippen molar-refractivity contribution >= 4 is 5.78 Å². The lowest BCUT2D eigenvalue weighted by Gasteiger charge is -2.19. The highest BCUT2D eigenvalue weighted by molar-refractivity contribution is 5.99. The summed E-state index contributed by atoms with van der Waals surface area (Å²) >= 11 is 0. The van der Waals surface area contributed by atoms with Crippen molar-refractivity contribution in [3.05, 3.63) is 29.3 Å². The van der Waals surface area contributed by atoms with Crippen molar-refractivity contribution in [2.75, 3.05) is 6.61 Å². The number of halogens is 3. The maximum absolute atomic E-state index is 12.2. The van der Waals surface area contributed by atoms with Crippen molar-refractivity contribution in [1.82, 2.24) is 0 Å². The molecule has 0 aliphatic carbocycles. The first-order chi connectivity index (χ1) is 7.97. The van der Waals surface area contributed by atoms with Crippen LogP contribution < -0.4 is 4.74 Å². The fraction of sp³-hybridized carbons (Fsp3) is 0.417. The maximum atomic E-state index is 12.2. The van der Waals surface area contributed by atoms with E-state index in [1.54, 1.807) is 12.1 Å². The van der Waals surface area contributed by atoms with Gasteiger partial charge in [0.05, 0.1) is 12.2 Å². The summed E-state index contributed by atoms with van der Waals surface area (Å²) in [6.45, 7) is 0.448. The molecule has 1 heterocycles. The molecule has 1 aromatic carbocycles. The van der Waals surface area contributed by atoms with Crippen LogP contribution in [0.2, 0.25) is 0 Å². The number of carbonyl (C=O) groups is 1. The Morgan fingerprint density at radius 3 is 2.82 bits per heavy atom. The predicted octanol–water partition coefficient (Wildman–Crippen LogP) is 3.15. The van der Waals surface area contributed by atoms with Gasteiger partial charge in [0, 0.05) is 0 Å². The van der Waals surface area contributed by atoms with Gasteiger partial charge in [-0.05, 0) is 24.5 Å². The van der Waals surface area contributed by atoms with E-state index in [0.29, 0.717) is 12.4 Å². The second-order valence-electron chi connectivity index (χ2n) is 3.96. The van der Waals surface area contributed by atoms with E-state index in [1.807, 2.05) is 0 Å². The highest BCUT2D eigenvalue weighted by Gasteiger charge is 2.33. The fourth-order valence-electron chi connectivity index (χ4n) is 1.89. The van der Waals surface area contributed by atoms with E-state index in [0.717, 1.165) is 18.4 Å². The third kappa shape index (κ3) is 2.78. The SMILES string of the molecule is O=C(CC(F)(F)F)c1cccc2c1OCCC2. The first kappa shape index (κ1) is 12.0. The van der Waals surface area contributed by atoms with Crippen molar-refractivity contribution in [2.45, 2.75) is 25.4 Å². The van der Waals surface area contributed by atoms with Crippen molar-refractivity contribution in [3.63, 3.8) is 0 Å². The summed E-state index contributed by atoms with van der Waals surface area (Å²) in [6, 6.07) is 4.76. The van der Waals surface area contributed by atoms with Crippen LogP contribution in [-0.2, 0) is 6.42 Å². The molecule has 5 heteroatoms. The van der Waals surface area contributed by atoms with Gasteiger partial charge >= 0.3 is 6.18 Å². The third-order valence-corrected chi connectivity index (χ3v) is 2.59. The number of ketones is 1. The standard InChI is InChI=1S/C12H11F3O2/c13-12(14,15)7-10(16)9-5-1-3-8-4-2-6-17-11(8)9/h1,3,5H,2,4,6-7H2. The van der Waals surface area contributed by atoms with Gasteiger partial charge in [-0.25, -0.2) is 0 Å². The van der Waals surface area contributed by atoms with Gasteiger partial charge in [-0.1, -0.05) is 12.1 Å². The zero-order valence-corrected chi connectivity index (χ0v) is 9.01. The normalized spacial score (nSPS) is 15.0. The van der Waals surface area contributed by atoms with Gasteiger partial charge in [-0.2, -0.15) is 13.2 Å². The summed E-state index contributed by atoms with van der Waals surface area (Å²) in [5, 5.41) is 0. The minimum absolute atomic E-state index is 0.0412. The summed E-state index contributed by atoms with van der Waals surface area (Å²) < 4.78 is 41.8. The molecular formula is C12H11F3O2. The molecule has 0 saturated carbocycles. The van der Waals surface area contributed by atoms with Crippen LogP contribution in [0.4, 0.5) is 13.2 Å². The first-order valence-electron chi connectivity index (χ1n) is 5.32. The number of alkyl halides is 3. The number of hydrogen-bond donors (Lipinski definition) is 0. The number of para-hydroxylation sites is 1. The number of Topliss-reactive ketones (excluding diaryl/α,β-unsaturated/α-hetero) is 1. The number of carbonyl (C=O) groups excluding carboxylic acids is 1. The maximum Gasteiger partial charge on any atom is 0.396 e. The molecule has 1 aliphatic heterocycles. The molecule has 0 radical (unpaired) electrons. The molecule has 0 bridgehead atoms. The zero-order valence-electron chi connectivity index (χ0n) is 9.01. The van der Waals surface area contributed by atoms with E-state index in [4.69, 9.17) is 4.74 Å². The van der Waals surface area contributed by atoms with E-state index in [-0.39, 0.29) is 5.56 Å². The second-order valence-corrected chi connectivity index (χ2v) is 3.96. The van der Waals surface area contributed by atoms with Gasteiger partial charge in [-0.3, -0.25) is 4.79 Å². The lowest BCUT2D eigenvalue weighted by molar-refractivity contribution is -0.125. The van der Waals surface area contributed by atoms with Gasteiger partial charge in [0.2, 0.25) is 0 Å². The lowest BCUT2D eigenvalue weighted by atomic mass is 9.99. The van der Waals surface area contributed by atoms with Crippen molar-refractivity contribution in [3.8, 4) is 5.75 Å². The van der Waals surface area contributed by atoms with Gasteiger partial charge in [0.15, 0.2) is 5.78 Å². The minimum Gasteiger partial charge on any atom is -0.493 e. The molecule has 0 fully saturated rings. The number of ether oxygens (including phenoxy) is 1. The fourth-order valence-corrected chi connectivity index (χ4v) is 1.89. The van der Waals surface area contributed by atoms with Crippen LogP contribution in [0.25, 0.3) is 0 Å². The quantitative estimate of drug-likeness (QED) is 0.747. The second kappa shape index (κ2) is 4.39. The molecule has 92 valence electrons. The Labute approximate surface area is 96.4 Å². The van der Waals surface area contributed by atoms with Gasteiger partial charge in [0.1, 0.15) is 12.2 Å². The zero-order chi connectivity index (χ0) is 12.5. The van der Waals surface area contributed by atoms with Crippen molar-refractivity contribution < 1.29 is 22.7 Å². The smallest absolute Gasteiger partial charge is 0.396 e. The molecule has 2 nitrogen and oxygen atoms in total. The van der Waals surface area contributed by atoms with Crippen LogP contribution in [0.15, 0.2) is 18.2 Å². The molecule has 0 aromatic heterocycles. The van der Waals surface area contributed by atoms with Crippen LogP contribution in [0, 0.1) is 0 Å². The number of benzene rings is 1. The largest absolute Gasteiger partial charge is 0.493 e. The van der Waals surface area contributed by atoms with Crippen molar-refractivity contribution in [2.24, 2.45) is 0 Å². The van der Waals surface area contributed by atoms with Gasteiger partial charge in [-0.15, -0.1) is 0 Å². The summed E-state index contributed by atoms with van der Waals surface area (Å²) in [7, 11) is 0. The number of hydrogen-bond acceptors (Lipinski definition) is 2. The Bertz CT molecular complexity index is 438. The Balaban J connectivity index is 2.29. The summed E-state index contributed by atoms with van der Waals surface area (Å²) in [5.41, 5.74) is 0.851. The van der Waals surface area contributed by atoms with E-state index in [9.17, 15) is 18.0 Å². The highest BCUT2D eigenvalue weighted by Crippen LogP contribution is 2.31. The Hall–Kier alpha value is -1.52. The molecule has 0 saturated heterocycles. The van der Waals surface area contributed by atoms with E-state index in [2.05, 4.69) is 0 Å². The molecule has 0 atom stereocenters. The summed E-state index contributed by atoms with van der Waals surface area (Å²) in [5.74, 6) is -0.607. The molecule has 1 aromatic rings. The average molecular weight is 244 g/mol. The number of fused-ring (bicyclic) bond motifs is 1. The molecule has 0 spiro atoms. The van der Waals surface area contributed by atoms with E-state index < -0.39 is 18.4 Å². The predicted molar refractivity (Wildman–Crippen MR) is 55.3 cm³/mol. The van der Waals surface area contributed by atoms with Crippen molar-refractivity contribution in [1.29, 1.82) is 0 Å². The monoisotopic (exact) mass is 244 g/mol. The average Bonchev–Trinajstić information content (AvgIpc) is 2.26. The third-order valence-electron chi connectivity index (χ3n) is 2.59. The van der Waals surface area contributed by atoms with E-state index in [1.165, 1.54) is 6.07 Å². The Morgan fingerprint density at radius 1 is 1.35 bits per heavy atom. The Morgan fingerprint density at radius 2 is 2.12 bits per heavy atom. The van der Waals surface area contributed by atoms with E-state index >= 15 is 0 Å². The molecule has 0 N–H and O–H groups in total. The number of aryl methyl sites for hydroxylation is 1. The summed E-state index contributed by atoms with van der Waals surface area (Å²) in [6.07, 6.45) is -4.35. The van der Waals surface area contributed by atoms with Crippen LogP contribution in [0.1, 0.15) is 28.8 Å². The highest BCUT2D eigenvalue weighted by atomic mass is 19.4. The van der Waals surface area contributed by atoms with Crippen LogP contribution in [-0.4, -0.2) is 18.6 Å². The van der Waals surface area contributed by atoms with Crippen LogP contribution in [0.3, 0.4) is 0 Å². The van der Waals surface area contributed by atoms with Gasteiger partial charge < -0.3 is 4.74 Å². The Kier molecular flexibility index (Phi) is 3.09. The minimum atomic E-state index is -4.48. The molecule has 1 aliphatic rings. The molecule has 0 unspecified atom stereocenters. The van der Waals surface area contributed by atoms with Crippen LogP contribution in [0.5, 0.6) is 5.75 Å². The lowest BCUT2D eigenvalue weighted by Crippen LogP contribution is -2.18. The van der Waals surface area contributed by atoms with Gasteiger partial charge in [0.25, 0.3) is 0 Å².